The van der Waals surface area contributed by atoms with E-state index in [2.05, 4.69) is 48.5 Å². The number of methoxy groups -OCH3 is 1. The summed E-state index contributed by atoms with van der Waals surface area (Å²) in [5.41, 5.74) is 6.15. The first-order chi connectivity index (χ1) is 12.8. The normalized spacial score (nSPS) is 10.7. The molecule has 0 N–H and O–H groups in total. The number of nitrogens with zero attached hydrogens (tertiary/aromatic N) is 1. The molecule has 3 nitrogen and oxygen atoms in total. The minimum atomic E-state index is 0.759. The van der Waals surface area contributed by atoms with Crippen molar-refractivity contribution in [2.45, 2.75) is 6.92 Å². The number of aromatic nitrogens is 1. The molecular formula is C23H19NO2. The predicted molar refractivity (Wildman–Crippen MR) is 104 cm³/mol. The van der Waals surface area contributed by atoms with E-state index in [0.717, 1.165) is 39.5 Å². The van der Waals surface area contributed by atoms with E-state index in [0.29, 0.717) is 0 Å². The molecule has 1 heterocycles. The van der Waals surface area contributed by atoms with Gasteiger partial charge in [0.2, 0.25) is 0 Å². The molecule has 0 saturated carbocycles. The van der Waals surface area contributed by atoms with Crippen LogP contribution < -0.4 is 4.74 Å². The van der Waals surface area contributed by atoms with E-state index in [1.54, 1.807) is 7.11 Å². The molecule has 0 unspecified atom stereocenters. The molecule has 4 aromatic rings. The molecule has 0 radical (unpaired) electrons. The SMILES string of the molecule is COc1ccc(-c2onc(-c3ccc(C)cc3)c2-c2ccccc2)cc1. The van der Waals surface area contributed by atoms with E-state index in [9.17, 15) is 0 Å². The van der Waals surface area contributed by atoms with Gasteiger partial charge in [-0.15, -0.1) is 0 Å². The monoisotopic (exact) mass is 341 g/mol. The fourth-order valence-corrected chi connectivity index (χ4v) is 3.01. The van der Waals surface area contributed by atoms with Crippen molar-refractivity contribution in [1.82, 2.24) is 5.16 Å². The highest BCUT2D eigenvalue weighted by Gasteiger charge is 2.20. The van der Waals surface area contributed by atoms with E-state index in [1.807, 2.05) is 42.5 Å². The Kier molecular flexibility index (Phi) is 4.28. The minimum absolute atomic E-state index is 0.759. The standard InChI is InChI=1S/C23H19NO2/c1-16-8-10-18(11-9-16)22-21(17-6-4-3-5-7-17)23(26-24-22)19-12-14-20(25-2)15-13-19/h3-15H,1-2H3. The highest BCUT2D eigenvalue weighted by Crippen LogP contribution is 2.40. The van der Waals surface area contributed by atoms with Crippen LogP contribution in [0.15, 0.2) is 83.4 Å². The molecule has 0 saturated heterocycles. The van der Waals surface area contributed by atoms with Crippen LogP contribution in [0.2, 0.25) is 0 Å². The average molecular weight is 341 g/mol. The summed E-state index contributed by atoms with van der Waals surface area (Å²) in [5, 5.41) is 4.41. The van der Waals surface area contributed by atoms with E-state index >= 15 is 0 Å². The average Bonchev–Trinajstić information content (AvgIpc) is 3.14. The molecule has 0 amide bonds. The second-order valence-corrected chi connectivity index (χ2v) is 6.20. The molecule has 0 spiro atoms. The quantitative estimate of drug-likeness (QED) is 0.457. The zero-order chi connectivity index (χ0) is 17.9. The lowest BCUT2D eigenvalue weighted by Crippen LogP contribution is -1.86. The van der Waals surface area contributed by atoms with Gasteiger partial charge in [0.05, 0.1) is 12.7 Å². The van der Waals surface area contributed by atoms with Crippen LogP contribution in [-0.4, -0.2) is 12.3 Å². The Labute approximate surface area is 152 Å². The van der Waals surface area contributed by atoms with Crippen molar-refractivity contribution >= 4 is 0 Å². The van der Waals surface area contributed by atoms with Gasteiger partial charge in [-0.05, 0) is 36.8 Å². The summed E-state index contributed by atoms with van der Waals surface area (Å²) in [7, 11) is 1.66. The zero-order valence-electron chi connectivity index (χ0n) is 14.8. The van der Waals surface area contributed by atoms with Crippen LogP contribution in [-0.2, 0) is 0 Å². The smallest absolute Gasteiger partial charge is 0.175 e. The largest absolute Gasteiger partial charge is 0.497 e. The Hall–Kier alpha value is -3.33. The maximum atomic E-state index is 5.80. The van der Waals surface area contributed by atoms with Crippen molar-refractivity contribution in [3.05, 3.63) is 84.4 Å². The molecule has 1 aromatic heterocycles. The van der Waals surface area contributed by atoms with Gasteiger partial charge in [0.1, 0.15) is 11.4 Å². The fourth-order valence-electron chi connectivity index (χ4n) is 3.01. The second kappa shape index (κ2) is 6.89. The summed E-state index contributed by atoms with van der Waals surface area (Å²) in [6.07, 6.45) is 0. The van der Waals surface area contributed by atoms with Gasteiger partial charge in [0.25, 0.3) is 0 Å². The molecule has 4 rings (SSSR count). The van der Waals surface area contributed by atoms with Gasteiger partial charge in [-0.25, -0.2) is 0 Å². The molecule has 0 atom stereocenters. The summed E-state index contributed by atoms with van der Waals surface area (Å²) in [6, 6.07) is 26.4. The first-order valence-corrected chi connectivity index (χ1v) is 8.53. The van der Waals surface area contributed by atoms with Crippen molar-refractivity contribution in [3.63, 3.8) is 0 Å². The molecule has 0 fully saturated rings. The third kappa shape index (κ3) is 3.00. The fraction of sp³-hybridized carbons (Fsp3) is 0.0870. The first-order valence-electron chi connectivity index (χ1n) is 8.53. The number of ether oxygens (including phenoxy) is 1. The Morgan fingerprint density at radius 1 is 0.731 bits per heavy atom. The highest BCUT2D eigenvalue weighted by atomic mass is 16.5. The Morgan fingerprint density at radius 3 is 2.04 bits per heavy atom. The molecule has 26 heavy (non-hydrogen) atoms. The lowest BCUT2D eigenvalue weighted by molar-refractivity contribution is 0.414. The highest BCUT2D eigenvalue weighted by molar-refractivity contribution is 5.90. The van der Waals surface area contributed by atoms with Gasteiger partial charge < -0.3 is 9.26 Å². The summed E-state index contributed by atoms with van der Waals surface area (Å²) in [4.78, 5) is 0. The van der Waals surface area contributed by atoms with Crippen LogP contribution in [0.4, 0.5) is 0 Å². The van der Waals surface area contributed by atoms with Gasteiger partial charge in [-0.2, -0.15) is 0 Å². The van der Waals surface area contributed by atoms with Crippen LogP contribution in [0, 0.1) is 6.92 Å². The summed E-state index contributed by atoms with van der Waals surface area (Å²) in [5.74, 6) is 1.57. The van der Waals surface area contributed by atoms with Crippen LogP contribution in [0.25, 0.3) is 33.7 Å². The van der Waals surface area contributed by atoms with Crippen molar-refractivity contribution < 1.29 is 9.26 Å². The van der Waals surface area contributed by atoms with Crippen molar-refractivity contribution in [3.8, 4) is 39.5 Å². The summed E-state index contributed by atoms with van der Waals surface area (Å²) in [6.45, 7) is 2.08. The molecular weight excluding hydrogens is 322 g/mol. The zero-order valence-corrected chi connectivity index (χ0v) is 14.8. The van der Waals surface area contributed by atoms with E-state index < -0.39 is 0 Å². The number of aryl methyl sites for hydroxylation is 1. The third-order valence-electron chi connectivity index (χ3n) is 4.43. The molecule has 3 aromatic carbocycles. The summed E-state index contributed by atoms with van der Waals surface area (Å²) >= 11 is 0. The maximum absolute atomic E-state index is 5.80. The van der Waals surface area contributed by atoms with Crippen molar-refractivity contribution in [2.75, 3.05) is 7.11 Å². The topological polar surface area (TPSA) is 35.3 Å². The second-order valence-electron chi connectivity index (χ2n) is 6.20. The van der Waals surface area contributed by atoms with Gasteiger partial charge in [-0.3, -0.25) is 0 Å². The first kappa shape index (κ1) is 16.2. The Balaban J connectivity index is 1.90. The lowest BCUT2D eigenvalue weighted by Gasteiger charge is -2.06. The number of hydrogen-bond donors (Lipinski definition) is 0. The van der Waals surface area contributed by atoms with E-state index in [4.69, 9.17) is 9.26 Å². The Morgan fingerprint density at radius 2 is 1.38 bits per heavy atom. The number of rotatable bonds is 4. The van der Waals surface area contributed by atoms with Crippen molar-refractivity contribution in [2.24, 2.45) is 0 Å². The summed E-state index contributed by atoms with van der Waals surface area (Å²) < 4.78 is 11.1. The minimum Gasteiger partial charge on any atom is -0.497 e. The molecule has 0 aliphatic carbocycles. The predicted octanol–water partition coefficient (Wildman–Crippen LogP) is 5.99. The number of benzene rings is 3. The van der Waals surface area contributed by atoms with Crippen LogP contribution in [0.3, 0.4) is 0 Å². The van der Waals surface area contributed by atoms with Gasteiger partial charge in [0, 0.05) is 11.1 Å². The van der Waals surface area contributed by atoms with Crippen LogP contribution in [0.1, 0.15) is 5.56 Å². The van der Waals surface area contributed by atoms with Crippen molar-refractivity contribution in [1.29, 1.82) is 0 Å². The molecule has 0 bridgehead atoms. The van der Waals surface area contributed by atoms with E-state index in [1.165, 1.54) is 5.56 Å². The van der Waals surface area contributed by atoms with Crippen LogP contribution in [0.5, 0.6) is 5.75 Å². The van der Waals surface area contributed by atoms with Gasteiger partial charge >= 0.3 is 0 Å². The molecule has 3 heteroatoms. The van der Waals surface area contributed by atoms with Gasteiger partial charge in [-0.1, -0.05) is 65.3 Å². The van der Waals surface area contributed by atoms with Crippen LogP contribution >= 0.6 is 0 Å². The lowest BCUT2D eigenvalue weighted by atomic mass is 9.96. The Bertz CT molecular complexity index is 1000. The van der Waals surface area contributed by atoms with Gasteiger partial charge in [0.15, 0.2) is 5.76 Å². The molecule has 0 aliphatic heterocycles. The third-order valence-corrected chi connectivity index (χ3v) is 4.43. The molecule has 0 aliphatic rings. The van der Waals surface area contributed by atoms with E-state index in [-0.39, 0.29) is 0 Å². The maximum Gasteiger partial charge on any atom is 0.175 e. The number of hydrogen-bond acceptors (Lipinski definition) is 3. The molecule has 128 valence electrons.